The van der Waals surface area contributed by atoms with E-state index in [9.17, 15) is 19.2 Å². The summed E-state index contributed by atoms with van der Waals surface area (Å²) < 4.78 is 0. The number of carbonyl (C=O) groups excluding carboxylic acids is 4. The molecule has 0 spiro atoms. The van der Waals surface area contributed by atoms with E-state index >= 15 is 0 Å². The van der Waals surface area contributed by atoms with Crippen LogP contribution in [-0.4, -0.2) is 40.1 Å². The first-order valence-corrected chi connectivity index (χ1v) is 12.7. The topological polar surface area (TPSA) is 101 Å². The van der Waals surface area contributed by atoms with Gasteiger partial charge < -0.3 is 0 Å². The molecule has 0 saturated heterocycles. The van der Waals surface area contributed by atoms with Gasteiger partial charge in [-0.05, 0) is 68.6 Å². The molecule has 0 aliphatic carbocycles. The van der Waals surface area contributed by atoms with Crippen LogP contribution in [0, 0.1) is 0 Å². The van der Waals surface area contributed by atoms with Crippen molar-refractivity contribution in [1.82, 2.24) is 9.91 Å². The van der Waals surface area contributed by atoms with Crippen LogP contribution in [0.3, 0.4) is 0 Å². The Balaban J connectivity index is 1.39. The van der Waals surface area contributed by atoms with Gasteiger partial charge in [-0.3, -0.25) is 24.1 Å². The first-order chi connectivity index (χ1) is 19.0. The third-order valence-electron chi connectivity index (χ3n) is 8.22. The van der Waals surface area contributed by atoms with Crippen molar-refractivity contribution in [3.8, 4) is 0 Å². The quantitative estimate of drug-likeness (QED) is 0.118. The van der Waals surface area contributed by atoms with E-state index in [4.69, 9.17) is 5.84 Å². The SMILES string of the molecule is NN1C(=O)c2ccc3c4ccc5c6c(ccc(c7ccc(c2c37)C1=O)c64)C(=O)N(CCc1ccccc1)C5=O. The molecule has 6 aromatic carbocycles. The zero-order chi connectivity index (χ0) is 26.6. The fourth-order valence-electron chi connectivity index (χ4n) is 6.43. The third-order valence-corrected chi connectivity index (χ3v) is 8.22. The molecule has 2 N–H and O–H groups in total. The summed E-state index contributed by atoms with van der Waals surface area (Å²) in [6, 6.07) is 24.3. The minimum atomic E-state index is -0.543. The van der Waals surface area contributed by atoms with Gasteiger partial charge in [0.25, 0.3) is 23.6 Å². The molecule has 0 radical (unpaired) electrons. The van der Waals surface area contributed by atoms with Crippen molar-refractivity contribution in [2.75, 3.05) is 6.54 Å². The van der Waals surface area contributed by atoms with Gasteiger partial charge in [-0.15, -0.1) is 0 Å². The lowest BCUT2D eigenvalue weighted by Crippen LogP contribution is -2.45. The standard InChI is InChI=1S/C32H19N3O4/c33-35-31(38)23-12-8-19-17-6-10-21-27-22(30(37)34(29(21)36)15-14-16-4-2-1-3-5-16)11-7-18(25(17)27)20-9-13-24(32(35)39)28(23)26(19)20/h1-13H,14-15,33H2. The van der Waals surface area contributed by atoms with Crippen LogP contribution < -0.4 is 5.84 Å². The monoisotopic (exact) mass is 509 g/mol. The molecule has 0 saturated carbocycles. The van der Waals surface area contributed by atoms with Gasteiger partial charge in [0.05, 0.1) is 11.1 Å². The van der Waals surface area contributed by atoms with Crippen LogP contribution in [0.5, 0.6) is 0 Å². The van der Waals surface area contributed by atoms with Gasteiger partial charge >= 0.3 is 0 Å². The predicted molar refractivity (Wildman–Crippen MR) is 148 cm³/mol. The molecule has 4 amide bonds. The first kappa shape index (κ1) is 21.9. The van der Waals surface area contributed by atoms with Crippen molar-refractivity contribution in [1.29, 1.82) is 0 Å². The third kappa shape index (κ3) is 2.69. The molecular formula is C32H19N3O4. The van der Waals surface area contributed by atoms with Gasteiger partial charge in [0, 0.05) is 28.4 Å². The van der Waals surface area contributed by atoms with Crippen molar-refractivity contribution >= 4 is 66.7 Å². The Morgan fingerprint density at radius 1 is 0.487 bits per heavy atom. The second-order valence-electron chi connectivity index (χ2n) is 10.1. The highest BCUT2D eigenvalue weighted by Gasteiger charge is 2.36. The predicted octanol–water partition coefficient (Wildman–Crippen LogP) is 5.05. The van der Waals surface area contributed by atoms with Crippen molar-refractivity contribution in [3.63, 3.8) is 0 Å². The molecular weight excluding hydrogens is 490 g/mol. The lowest BCUT2D eigenvalue weighted by Gasteiger charge is -2.29. The number of imide groups is 2. The van der Waals surface area contributed by atoms with Crippen LogP contribution in [-0.2, 0) is 6.42 Å². The highest BCUT2D eigenvalue weighted by molar-refractivity contribution is 6.41. The number of nitrogens with zero attached hydrogens (tertiary/aromatic N) is 2. The minimum Gasteiger partial charge on any atom is -0.274 e. The molecule has 0 fully saturated rings. The molecule has 8 rings (SSSR count). The Bertz CT molecular complexity index is 2000. The number of fused-ring (bicyclic) bond motifs is 2. The van der Waals surface area contributed by atoms with E-state index in [0.717, 1.165) is 37.9 Å². The highest BCUT2D eigenvalue weighted by Crippen LogP contribution is 2.46. The molecule has 0 bridgehead atoms. The summed E-state index contributed by atoms with van der Waals surface area (Å²) in [6.45, 7) is 0.292. The number of nitrogens with two attached hydrogens (primary N) is 1. The van der Waals surface area contributed by atoms with Crippen LogP contribution in [0.2, 0.25) is 0 Å². The molecule has 6 aromatic rings. The Hall–Kier alpha value is -5.14. The van der Waals surface area contributed by atoms with Crippen LogP contribution >= 0.6 is 0 Å². The van der Waals surface area contributed by atoms with Gasteiger partial charge in [-0.1, -0.05) is 54.6 Å². The highest BCUT2D eigenvalue weighted by atomic mass is 16.2. The first-order valence-electron chi connectivity index (χ1n) is 12.7. The maximum Gasteiger partial charge on any atom is 0.275 e. The molecule has 7 heteroatoms. The average Bonchev–Trinajstić information content (AvgIpc) is 2.97. The number of hydrogen-bond acceptors (Lipinski definition) is 5. The number of hydrogen-bond donors (Lipinski definition) is 1. The number of hydrazine groups is 1. The molecule has 0 aromatic heterocycles. The number of carbonyl (C=O) groups is 4. The van der Waals surface area contributed by atoms with Gasteiger partial charge in [0.1, 0.15) is 0 Å². The van der Waals surface area contributed by atoms with Gasteiger partial charge in [0.15, 0.2) is 0 Å². The Morgan fingerprint density at radius 2 is 0.897 bits per heavy atom. The molecule has 0 atom stereocenters. The number of amides is 4. The lowest BCUT2D eigenvalue weighted by molar-refractivity contribution is 0.0596. The summed E-state index contributed by atoms with van der Waals surface area (Å²) in [7, 11) is 0. The molecule has 2 heterocycles. The Labute approximate surface area is 221 Å². The second-order valence-corrected chi connectivity index (χ2v) is 10.1. The van der Waals surface area contributed by atoms with Gasteiger partial charge in [-0.2, -0.15) is 0 Å². The summed E-state index contributed by atoms with van der Waals surface area (Å²) in [5.74, 6) is 4.09. The molecule has 186 valence electrons. The molecule has 39 heavy (non-hydrogen) atoms. The van der Waals surface area contributed by atoms with E-state index in [2.05, 4.69) is 0 Å². The maximum absolute atomic E-state index is 13.7. The van der Waals surface area contributed by atoms with E-state index in [0.29, 0.717) is 51.0 Å². The van der Waals surface area contributed by atoms with E-state index in [1.807, 2.05) is 54.6 Å². The minimum absolute atomic E-state index is 0.292. The van der Waals surface area contributed by atoms with Crippen molar-refractivity contribution in [2.24, 2.45) is 5.84 Å². The fourth-order valence-corrected chi connectivity index (χ4v) is 6.43. The molecule has 2 aliphatic rings. The van der Waals surface area contributed by atoms with Crippen molar-refractivity contribution in [3.05, 3.63) is 107 Å². The van der Waals surface area contributed by atoms with E-state index < -0.39 is 11.8 Å². The van der Waals surface area contributed by atoms with Gasteiger partial charge in [0.2, 0.25) is 0 Å². The van der Waals surface area contributed by atoms with Gasteiger partial charge in [-0.25, -0.2) is 10.9 Å². The average molecular weight is 510 g/mol. The Morgan fingerprint density at radius 3 is 1.33 bits per heavy atom. The zero-order valence-electron chi connectivity index (χ0n) is 20.5. The zero-order valence-corrected chi connectivity index (χ0v) is 20.5. The van der Waals surface area contributed by atoms with Crippen LogP contribution in [0.4, 0.5) is 0 Å². The lowest BCUT2D eigenvalue weighted by atomic mass is 9.82. The molecule has 7 nitrogen and oxygen atoms in total. The van der Waals surface area contributed by atoms with E-state index in [1.165, 1.54) is 4.90 Å². The second kappa shape index (κ2) is 7.46. The number of rotatable bonds is 3. The fraction of sp³-hybridized carbons (Fsp3) is 0.0625. The molecule has 0 unspecified atom stereocenters. The summed E-state index contributed by atoms with van der Waals surface area (Å²) in [5, 5.41) is 6.92. The van der Waals surface area contributed by atoms with Crippen LogP contribution in [0.15, 0.2) is 78.9 Å². The largest absolute Gasteiger partial charge is 0.275 e. The summed E-state index contributed by atoms with van der Waals surface area (Å²) in [5.41, 5.74) is 2.80. The van der Waals surface area contributed by atoms with E-state index in [1.54, 1.807) is 24.3 Å². The van der Waals surface area contributed by atoms with Crippen molar-refractivity contribution in [2.45, 2.75) is 6.42 Å². The van der Waals surface area contributed by atoms with Crippen LogP contribution in [0.25, 0.3) is 43.1 Å². The van der Waals surface area contributed by atoms with Crippen LogP contribution in [0.1, 0.15) is 47.0 Å². The maximum atomic E-state index is 13.7. The number of benzene rings is 6. The Kier molecular flexibility index (Phi) is 4.19. The summed E-state index contributed by atoms with van der Waals surface area (Å²) in [4.78, 5) is 54.4. The molecule has 2 aliphatic heterocycles. The van der Waals surface area contributed by atoms with Crippen molar-refractivity contribution < 1.29 is 19.2 Å². The summed E-state index contributed by atoms with van der Waals surface area (Å²) in [6.07, 6.45) is 0.574. The van der Waals surface area contributed by atoms with E-state index in [-0.39, 0.29) is 11.8 Å². The normalized spacial score (nSPS) is 15.1. The summed E-state index contributed by atoms with van der Waals surface area (Å²) >= 11 is 0. The smallest absolute Gasteiger partial charge is 0.274 e.